The molecule has 3 nitrogen and oxygen atoms in total. The molecule has 0 saturated carbocycles. The summed E-state index contributed by atoms with van der Waals surface area (Å²) in [5.41, 5.74) is 1.02. The molecule has 1 aromatic carbocycles. The van der Waals surface area contributed by atoms with E-state index in [0.29, 0.717) is 0 Å². The second kappa shape index (κ2) is 5.67. The molecule has 100 valence electrons. The highest BCUT2D eigenvalue weighted by Gasteiger charge is 2.11. The van der Waals surface area contributed by atoms with Gasteiger partial charge in [0, 0.05) is 9.75 Å². The van der Waals surface area contributed by atoms with Gasteiger partial charge in [-0.25, -0.2) is 0 Å². The van der Waals surface area contributed by atoms with Crippen molar-refractivity contribution in [1.82, 2.24) is 0 Å². The van der Waals surface area contributed by atoms with Gasteiger partial charge in [0.25, 0.3) is 10.0 Å². The van der Waals surface area contributed by atoms with Gasteiger partial charge in [-0.15, -0.1) is 11.3 Å². The number of rotatable bonds is 4. The zero-order chi connectivity index (χ0) is 13.9. The molecule has 0 fully saturated rings. The Kier molecular flexibility index (Phi) is 4.17. The molecule has 19 heavy (non-hydrogen) atoms. The van der Waals surface area contributed by atoms with E-state index >= 15 is 0 Å². The van der Waals surface area contributed by atoms with E-state index in [4.69, 9.17) is 0 Å². The molecule has 0 aliphatic heterocycles. The Labute approximate surface area is 117 Å². The van der Waals surface area contributed by atoms with Gasteiger partial charge in [0.15, 0.2) is 0 Å². The summed E-state index contributed by atoms with van der Waals surface area (Å²) in [6.45, 7) is 3.98. The van der Waals surface area contributed by atoms with Crippen LogP contribution < -0.4 is 0 Å². The van der Waals surface area contributed by atoms with Gasteiger partial charge in [0.05, 0.1) is 11.1 Å². The highest BCUT2D eigenvalue weighted by Crippen LogP contribution is 2.17. The van der Waals surface area contributed by atoms with E-state index in [1.54, 1.807) is 35.6 Å². The van der Waals surface area contributed by atoms with Gasteiger partial charge in [-0.2, -0.15) is 12.8 Å². The normalized spacial score (nSPS) is 12.1. The van der Waals surface area contributed by atoms with Crippen LogP contribution in [0.15, 0.2) is 45.7 Å². The van der Waals surface area contributed by atoms with Crippen molar-refractivity contribution in [1.29, 1.82) is 0 Å². The fourth-order valence-corrected chi connectivity index (χ4v) is 3.29. The largest absolute Gasteiger partial charge is 0.282 e. The number of hydrogen-bond acceptors (Lipinski definition) is 3. The van der Waals surface area contributed by atoms with Crippen molar-refractivity contribution in [2.45, 2.75) is 25.2 Å². The summed E-state index contributed by atoms with van der Waals surface area (Å²) < 4.78 is 27.7. The number of sulfonamides is 1. The third-order valence-electron chi connectivity index (χ3n) is 2.67. The van der Waals surface area contributed by atoms with Crippen LogP contribution in [0.5, 0.6) is 0 Å². The lowest BCUT2D eigenvalue weighted by molar-refractivity contribution is 0.598. The van der Waals surface area contributed by atoms with Gasteiger partial charge in [-0.05, 0) is 37.6 Å². The van der Waals surface area contributed by atoms with E-state index in [1.165, 1.54) is 11.1 Å². The molecule has 5 heteroatoms. The van der Waals surface area contributed by atoms with Gasteiger partial charge in [-0.3, -0.25) is 0 Å². The van der Waals surface area contributed by atoms with Crippen LogP contribution in [0.25, 0.3) is 0 Å². The maximum Gasteiger partial charge on any atom is 0.282 e. The van der Waals surface area contributed by atoms with E-state index in [1.807, 2.05) is 19.1 Å². The topological polar surface area (TPSA) is 46.5 Å². The molecule has 0 bridgehead atoms. The van der Waals surface area contributed by atoms with E-state index in [2.05, 4.69) is 11.3 Å². The van der Waals surface area contributed by atoms with Crippen molar-refractivity contribution in [2.75, 3.05) is 0 Å². The molecule has 0 aliphatic rings. The lowest BCUT2D eigenvalue weighted by Gasteiger charge is -1.98. The van der Waals surface area contributed by atoms with Crippen molar-refractivity contribution in [3.05, 3.63) is 51.7 Å². The number of nitrogens with zero attached hydrogens (tertiary/aromatic N) is 1. The van der Waals surface area contributed by atoms with Crippen molar-refractivity contribution in [3.63, 3.8) is 0 Å². The molecule has 1 aromatic heterocycles. The average molecular weight is 293 g/mol. The zero-order valence-corrected chi connectivity index (χ0v) is 12.5. The first-order valence-corrected chi connectivity index (χ1v) is 8.22. The minimum atomic E-state index is -3.60. The summed E-state index contributed by atoms with van der Waals surface area (Å²) in [5.74, 6) is 0. The molecule has 1 heterocycles. The quantitative estimate of drug-likeness (QED) is 0.811. The first-order valence-electron chi connectivity index (χ1n) is 5.97. The smallest absolute Gasteiger partial charge is 0.199 e. The highest BCUT2D eigenvalue weighted by atomic mass is 32.2. The Bertz CT molecular complexity index is 682. The molecule has 0 amide bonds. The van der Waals surface area contributed by atoms with Crippen LogP contribution in [0.4, 0.5) is 0 Å². The van der Waals surface area contributed by atoms with Gasteiger partial charge >= 0.3 is 0 Å². The Morgan fingerprint density at radius 1 is 1.16 bits per heavy atom. The van der Waals surface area contributed by atoms with Crippen LogP contribution in [0.3, 0.4) is 0 Å². The molecular weight excluding hydrogens is 278 g/mol. The predicted molar refractivity (Wildman–Crippen MR) is 79.7 cm³/mol. The molecule has 0 N–H and O–H groups in total. The minimum absolute atomic E-state index is 0.224. The SMILES string of the molecule is CCc1ccc(/C=N/S(=O)(=O)c2ccc(C)cc2)s1. The minimum Gasteiger partial charge on any atom is -0.199 e. The highest BCUT2D eigenvalue weighted by molar-refractivity contribution is 7.90. The van der Waals surface area contributed by atoms with Crippen molar-refractivity contribution in [3.8, 4) is 0 Å². The summed E-state index contributed by atoms with van der Waals surface area (Å²) in [6, 6.07) is 10.6. The summed E-state index contributed by atoms with van der Waals surface area (Å²) in [5, 5.41) is 0. The number of benzene rings is 1. The maximum absolute atomic E-state index is 12.0. The summed E-state index contributed by atoms with van der Waals surface area (Å²) in [4.78, 5) is 2.29. The van der Waals surface area contributed by atoms with Crippen LogP contribution in [0.1, 0.15) is 22.2 Å². The van der Waals surface area contributed by atoms with Crippen LogP contribution >= 0.6 is 11.3 Å². The zero-order valence-electron chi connectivity index (χ0n) is 10.8. The second-order valence-electron chi connectivity index (χ2n) is 4.18. The second-order valence-corrected chi connectivity index (χ2v) is 7.01. The van der Waals surface area contributed by atoms with Crippen molar-refractivity contribution >= 4 is 27.6 Å². The summed E-state index contributed by atoms with van der Waals surface area (Å²) in [7, 11) is -3.60. The van der Waals surface area contributed by atoms with Crippen molar-refractivity contribution in [2.24, 2.45) is 4.40 Å². The molecule has 0 atom stereocenters. The Morgan fingerprint density at radius 3 is 2.42 bits per heavy atom. The van der Waals surface area contributed by atoms with Gasteiger partial charge in [-0.1, -0.05) is 24.6 Å². The van der Waals surface area contributed by atoms with Crippen molar-refractivity contribution < 1.29 is 8.42 Å². The maximum atomic E-state index is 12.0. The molecular formula is C14H15NO2S2. The predicted octanol–water partition coefficient (Wildman–Crippen LogP) is 3.43. The van der Waals surface area contributed by atoms with Crippen LogP contribution in [-0.4, -0.2) is 14.6 Å². The molecule has 0 unspecified atom stereocenters. The Hall–Kier alpha value is -1.46. The fraction of sp³-hybridized carbons (Fsp3) is 0.214. The Balaban J connectivity index is 2.23. The lowest BCUT2D eigenvalue weighted by atomic mass is 10.2. The average Bonchev–Trinajstić information content (AvgIpc) is 2.85. The third-order valence-corrected chi connectivity index (χ3v) is 5.08. The van der Waals surface area contributed by atoms with E-state index < -0.39 is 10.0 Å². The van der Waals surface area contributed by atoms with Crippen LogP contribution in [-0.2, 0) is 16.4 Å². The number of thiophene rings is 1. The van der Waals surface area contributed by atoms with Gasteiger partial charge < -0.3 is 0 Å². The molecule has 0 radical (unpaired) electrons. The van der Waals surface area contributed by atoms with Crippen LogP contribution in [0.2, 0.25) is 0 Å². The van der Waals surface area contributed by atoms with E-state index in [-0.39, 0.29) is 4.90 Å². The Morgan fingerprint density at radius 2 is 1.84 bits per heavy atom. The summed E-state index contributed by atoms with van der Waals surface area (Å²) in [6.07, 6.45) is 2.36. The first-order chi connectivity index (χ1) is 9.01. The third kappa shape index (κ3) is 3.52. The molecule has 0 spiro atoms. The van der Waals surface area contributed by atoms with Gasteiger partial charge in [0.2, 0.25) is 0 Å². The lowest BCUT2D eigenvalue weighted by Crippen LogP contribution is -1.97. The first kappa shape index (κ1) is 14.0. The standard InChI is InChI=1S/C14H15NO2S2/c1-3-12-6-7-13(18-12)10-15-19(16,17)14-8-4-11(2)5-9-14/h4-10H,3H2,1-2H3/b15-10+. The molecule has 0 saturated heterocycles. The number of hydrogen-bond donors (Lipinski definition) is 0. The van der Waals surface area contributed by atoms with Gasteiger partial charge in [0.1, 0.15) is 0 Å². The van der Waals surface area contributed by atoms with E-state index in [0.717, 1.165) is 16.9 Å². The monoisotopic (exact) mass is 293 g/mol. The fourth-order valence-electron chi connectivity index (χ4n) is 1.55. The molecule has 0 aliphatic carbocycles. The van der Waals surface area contributed by atoms with Crippen LogP contribution in [0, 0.1) is 6.92 Å². The number of aryl methyl sites for hydroxylation is 2. The molecule has 2 aromatic rings. The molecule has 2 rings (SSSR count). The summed E-state index contributed by atoms with van der Waals surface area (Å²) >= 11 is 1.56. The van der Waals surface area contributed by atoms with E-state index in [9.17, 15) is 8.42 Å².